The first-order chi connectivity index (χ1) is 10.3. The number of aliphatic hydroxyl groups is 1. The third kappa shape index (κ3) is 3.23. The van der Waals surface area contributed by atoms with Crippen molar-refractivity contribution in [3.05, 3.63) is 59.8 Å². The molecule has 3 rings (SSSR count). The standard InChI is InChI=1S/C17H20N2O2/c1-21-16-12-19(11-15(16)20)17-9-5-8-14(18-17)10-13-6-3-2-4-7-13/h2-9,15-16,20H,10-12H2,1H3. The van der Waals surface area contributed by atoms with Gasteiger partial charge in [-0.05, 0) is 17.7 Å². The van der Waals surface area contributed by atoms with Crippen LogP contribution in [-0.4, -0.2) is 42.5 Å². The number of hydrogen-bond donors (Lipinski definition) is 1. The number of β-amino-alcohol motifs (C(OH)–C–C–N with tert-alkyl or cyclic N) is 1. The number of benzene rings is 1. The Labute approximate surface area is 125 Å². The van der Waals surface area contributed by atoms with E-state index in [1.54, 1.807) is 7.11 Å². The minimum atomic E-state index is -0.449. The van der Waals surface area contributed by atoms with Gasteiger partial charge in [0.15, 0.2) is 0 Å². The molecule has 0 spiro atoms. The summed E-state index contributed by atoms with van der Waals surface area (Å²) < 4.78 is 5.28. The summed E-state index contributed by atoms with van der Waals surface area (Å²) in [6, 6.07) is 16.4. The fourth-order valence-electron chi connectivity index (χ4n) is 2.72. The van der Waals surface area contributed by atoms with Gasteiger partial charge in [0.1, 0.15) is 11.9 Å². The van der Waals surface area contributed by atoms with Crippen molar-refractivity contribution in [1.29, 1.82) is 0 Å². The predicted octanol–water partition coefficient (Wildman–Crippen LogP) is 1.87. The largest absolute Gasteiger partial charge is 0.388 e. The molecule has 2 atom stereocenters. The van der Waals surface area contributed by atoms with Crippen molar-refractivity contribution >= 4 is 5.82 Å². The van der Waals surface area contributed by atoms with Gasteiger partial charge in [0, 0.05) is 32.3 Å². The van der Waals surface area contributed by atoms with E-state index in [0.29, 0.717) is 13.1 Å². The van der Waals surface area contributed by atoms with Crippen LogP contribution in [-0.2, 0) is 11.2 Å². The number of aliphatic hydroxyl groups excluding tert-OH is 1. The van der Waals surface area contributed by atoms with Gasteiger partial charge in [-0.15, -0.1) is 0 Å². The van der Waals surface area contributed by atoms with E-state index in [0.717, 1.165) is 17.9 Å². The molecule has 0 aliphatic carbocycles. The fourth-order valence-corrected chi connectivity index (χ4v) is 2.72. The number of hydrogen-bond acceptors (Lipinski definition) is 4. The van der Waals surface area contributed by atoms with Crippen LogP contribution in [0.5, 0.6) is 0 Å². The highest BCUT2D eigenvalue weighted by Crippen LogP contribution is 2.21. The van der Waals surface area contributed by atoms with E-state index in [2.05, 4.69) is 17.0 Å². The first-order valence-corrected chi connectivity index (χ1v) is 7.22. The minimum absolute atomic E-state index is 0.135. The summed E-state index contributed by atoms with van der Waals surface area (Å²) in [5.74, 6) is 0.905. The molecule has 21 heavy (non-hydrogen) atoms. The van der Waals surface area contributed by atoms with Crippen molar-refractivity contribution in [2.75, 3.05) is 25.1 Å². The third-order valence-electron chi connectivity index (χ3n) is 3.88. The Kier molecular flexibility index (Phi) is 4.18. The fraction of sp³-hybridized carbons (Fsp3) is 0.353. The Bertz CT molecular complexity index is 588. The number of anilines is 1. The highest BCUT2D eigenvalue weighted by molar-refractivity contribution is 5.42. The van der Waals surface area contributed by atoms with Crippen LogP contribution in [0.25, 0.3) is 0 Å². The smallest absolute Gasteiger partial charge is 0.128 e. The Morgan fingerprint density at radius 3 is 2.67 bits per heavy atom. The monoisotopic (exact) mass is 284 g/mol. The molecule has 1 N–H and O–H groups in total. The van der Waals surface area contributed by atoms with Gasteiger partial charge in [0.2, 0.25) is 0 Å². The molecule has 1 fully saturated rings. The van der Waals surface area contributed by atoms with E-state index in [9.17, 15) is 5.11 Å². The lowest BCUT2D eigenvalue weighted by atomic mass is 10.1. The molecule has 2 aromatic rings. The maximum atomic E-state index is 9.93. The molecule has 1 aromatic heterocycles. The minimum Gasteiger partial charge on any atom is -0.388 e. The van der Waals surface area contributed by atoms with Gasteiger partial charge in [-0.3, -0.25) is 0 Å². The van der Waals surface area contributed by atoms with E-state index in [1.165, 1.54) is 5.56 Å². The average Bonchev–Trinajstić information content (AvgIpc) is 2.90. The maximum Gasteiger partial charge on any atom is 0.128 e. The lowest BCUT2D eigenvalue weighted by molar-refractivity contribution is 0.0217. The van der Waals surface area contributed by atoms with Crippen molar-refractivity contribution in [3.63, 3.8) is 0 Å². The van der Waals surface area contributed by atoms with E-state index in [1.807, 2.05) is 36.4 Å². The molecular formula is C17H20N2O2. The van der Waals surface area contributed by atoms with E-state index in [4.69, 9.17) is 9.72 Å². The third-order valence-corrected chi connectivity index (χ3v) is 3.88. The summed E-state index contributed by atoms with van der Waals surface area (Å²) >= 11 is 0. The number of pyridine rings is 1. The normalized spacial score (nSPS) is 21.7. The van der Waals surface area contributed by atoms with Crippen LogP contribution in [0, 0.1) is 0 Å². The first kappa shape index (κ1) is 14.0. The molecular weight excluding hydrogens is 264 g/mol. The Morgan fingerprint density at radius 2 is 1.95 bits per heavy atom. The zero-order valence-corrected chi connectivity index (χ0v) is 12.1. The molecule has 4 heteroatoms. The number of ether oxygens (including phenoxy) is 1. The lowest BCUT2D eigenvalue weighted by Crippen LogP contribution is -2.25. The summed E-state index contributed by atoms with van der Waals surface area (Å²) in [5, 5.41) is 9.93. The van der Waals surface area contributed by atoms with Crippen molar-refractivity contribution < 1.29 is 9.84 Å². The average molecular weight is 284 g/mol. The molecule has 2 heterocycles. The molecule has 0 saturated carbocycles. The van der Waals surface area contributed by atoms with Crippen LogP contribution >= 0.6 is 0 Å². The number of aromatic nitrogens is 1. The molecule has 0 radical (unpaired) electrons. The Morgan fingerprint density at radius 1 is 1.14 bits per heavy atom. The van der Waals surface area contributed by atoms with Gasteiger partial charge in [-0.1, -0.05) is 36.4 Å². The number of methoxy groups -OCH3 is 1. The van der Waals surface area contributed by atoms with Gasteiger partial charge in [-0.2, -0.15) is 0 Å². The van der Waals surface area contributed by atoms with Gasteiger partial charge in [0.25, 0.3) is 0 Å². The Hall–Kier alpha value is -1.91. The zero-order valence-electron chi connectivity index (χ0n) is 12.1. The van der Waals surface area contributed by atoms with Crippen LogP contribution < -0.4 is 4.90 Å². The number of rotatable bonds is 4. The molecule has 110 valence electrons. The predicted molar refractivity (Wildman–Crippen MR) is 82.5 cm³/mol. The molecule has 0 bridgehead atoms. The van der Waals surface area contributed by atoms with Gasteiger partial charge >= 0.3 is 0 Å². The van der Waals surface area contributed by atoms with Crippen LogP contribution in [0.1, 0.15) is 11.3 Å². The number of nitrogens with zero attached hydrogens (tertiary/aromatic N) is 2. The quantitative estimate of drug-likeness (QED) is 0.931. The summed E-state index contributed by atoms with van der Waals surface area (Å²) in [7, 11) is 1.64. The molecule has 2 unspecified atom stereocenters. The maximum absolute atomic E-state index is 9.93. The Balaban J connectivity index is 1.75. The molecule has 1 aromatic carbocycles. The SMILES string of the molecule is COC1CN(c2cccc(Cc3ccccc3)n2)CC1O. The first-order valence-electron chi connectivity index (χ1n) is 7.22. The molecule has 4 nitrogen and oxygen atoms in total. The second-order valence-electron chi connectivity index (χ2n) is 5.40. The molecule has 1 aliphatic heterocycles. The van der Waals surface area contributed by atoms with Crippen LogP contribution in [0.2, 0.25) is 0 Å². The topological polar surface area (TPSA) is 45.6 Å². The van der Waals surface area contributed by atoms with Crippen molar-refractivity contribution in [2.45, 2.75) is 18.6 Å². The molecule has 1 aliphatic rings. The summed E-state index contributed by atoms with van der Waals surface area (Å²) in [4.78, 5) is 6.79. The molecule has 0 amide bonds. The van der Waals surface area contributed by atoms with Gasteiger partial charge in [-0.25, -0.2) is 4.98 Å². The van der Waals surface area contributed by atoms with Gasteiger partial charge < -0.3 is 14.7 Å². The highest BCUT2D eigenvalue weighted by Gasteiger charge is 2.31. The summed E-state index contributed by atoms with van der Waals surface area (Å²) in [6.07, 6.45) is 0.234. The van der Waals surface area contributed by atoms with Crippen LogP contribution in [0.15, 0.2) is 48.5 Å². The zero-order chi connectivity index (χ0) is 14.7. The van der Waals surface area contributed by atoms with Crippen LogP contribution in [0.3, 0.4) is 0 Å². The second kappa shape index (κ2) is 6.24. The van der Waals surface area contributed by atoms with Crippen LogP contribution in [0.4, 0.5) is 5.82 Å². The summed E-state index contributed by atoms with van der Waals surface area (Å²) in [5.41, 5.74) is 2.28. The molecule has 1 saturated heterocycles. The van der Waals surface area contributed by atoms with Crippen molar-refractivity contribution in [3.8, 4) is 0 Å². The summed E-state index contributed by atoms with van der Waals surface area (Å²) in [6.45, 7) is 1.25. The van der Waals surface area contributed by atoms with Crippen molar-refractivity contribution in [1.82, 2.24) is 4.98 Å². The van der Waals surface area contributed by atoms with E-state index >= 15 is 0 Å². The second-order valence-corrected chi connectivity index (χ2v) is 5.40. The lowest BCUT2D eigenvalue weighted by Gasteiger charge is -2.17. The van der Waals surface area contributed by atoms with E-state index in [-0.39, 0.29) is 6.10 Å². The van der Waals surface area contributed by atoms with E-state index < -0.39 is 6.10 Å². The van der Waals surface area contributed by atoms with Crippen molar-refractivity contribution in [2.24, 2.45) is 0 Å². The van der Waals surface area contributed by atoms with Gasteiger partial charge in [0.05, 0.1) is 6.10 Å². The highest BCUT2D eigenvalue weighted by atomic mass is 16.5.